The minimum Gasteiger partial charge on any atom is -0.377 e. The van der Waals surface area contributed by atoms with Crippen LogP contribution in [0.1, 0.15) is 52.4 Å². The summed E-state index contributed by atoms with van der Waals surface area (Å²) in [4.78, 5) is 26.2. The number of carbonyl (C=O) groups excluding carboxylic acids is 1. The zero-order valence-corrected chi connectivity index (χ0v) is 31.3. The molecule has 3 N–H and O–H groups in total. The van der Waals surface area contributed by atoms with Gasteiger partial charge >= 0.3 is 6.18 Å². The Balaban J connectivity index is 1.29. The van der Waals surface area contributed by atoms with Crippen LogP contribution in [0.2, 0.25) is 5.02 Å². The van der Waals surface area contributed by atoms with Crippen LogP contribution in [0.15, 0.2) is 36.4 Å². The first-order valence-electron chi connectivity index (χ1n) is 17.1. The van der Waals surface area contributed by atoms with Gasteiger partial charge in [0.1, 0.15) is 36.3 Å². The topological polar surface area (TPSA) is 162 Å². The zero-order chi connectivity index (χ0) is 40.9. The molecular formula is C35H29ClF7N9O4S. The van der Waals surface area contributed by atoms with E-state index in [1.807, 2.05) is 0 Å². The summed E-state index contributed by atoms with van der Waals surface area (Å²) < 4.78 is 136. The second kappa shape index (κ2) is 13.4. The number of sulfonamides is 1. The Morgan fingerprint density at radius 2 is 1.82 bits per heavy atom. The van der Waals surface area contributed by atoms with Crippen molar-refractivity contribution in [1.82, 2.24) is 39.8 Å². The molecule has 22 heteroatoms. The Morgan fingerprint density at radius 3 is 2.49 bits per heavy atom. The summed E-state index contributed by atoms with van der Waals surface area (Å²) in [7, 11) is -0.903. The van der Waals surface area contributed by atoms with E-state index in [0.717, 1.165) is 18.4 Å². The molecule has 1 fully saturated rings. The minimum atomic E-state index is -5.07. The van der Waals surface area contributed by atoms with Crippen LogP contribution in [0.4, 0.5) is 36.6 Å². The maximum atomic E-state index is 15.4. The average molecular weight is 840 g/mol. The molecule has 0 spiro atoms. The molecule has 0 bridgehead atoms. The van der Waals surface area contributed by atoms with Gasteiger partial charge in [0, 0.05) is 42.8 Å². The average Bonchev–Trinajstić information content (AvgIpc) is 3.36. The number of ether oxygens (including phenoxy) is 1. The zero-order valence-electron chi connectivity index (χ0n) is 29.8. The minimum absolute atomic E-state index is 0.00619. The predicted molar refractivity (Wildman–Crippen MR) is 191 cm³/mol. The Labute approximate surface area is 322 Å². The second-order valence-corrected chi connectivity index (χ2v) is 16.2. The van der Waals surface area contributed by atoms with E-state index in [1.54, 1.807) is 12.1 Å². The third-order valence-electron chi connectivity index (χ3n) is 9.86. The van der Waals surface area contributed by atoms with Crippen LogP contribution < -0.4 is 10.0 Å². The Morgan fingerprint density at radius 1 is 1.11 bits per heavy atom. The number of aromatic nitrogens is 7. The number of methoxy groups -OCH3 is 1. The van der Waals surface area contributed by atoms with Crippen LogP contribution in [-0.4, -0.2) is 62.2 Å². The van der Waals surface area contributed by atoms with Gasteiger partial charge in [-0.1, -0.05) is 17.7 Å². The van der Waals surface area contributed by atoms with Crippen molar-refractivity contribution in [3.8, 4) is 11.1 Å². The number of hydrogen-bond donors (Lipinski definition) is 3. The van der Waals surface area contributed by atoms with Crippen molar-refractivity contribution >= 4 is 55.4 Å². The second-order valence-electron chi connectivity index (χ2n) is 14.0. The summed E-state index contributed by atoms with van der Waals surface area (Å²) in [5, 5.41) is 10.7. The van der Waals surface area contributed by atoms with E-state index in [-0.39, 0.29) is 63.7 Å². The van der Waals surface area contributed by atoms with Gasteiger partial charge in [-0.15, -0.1) is 0 Å². The number of carbonyl (C=O) groups is 1. The number of H-pyrrole nitrogens is 1. The molecule has 300 valence electrons. The molecule has 0 aliphatic heterocycles. The number of anilines is 1. The van der Waals surface area contributed by atoms with E-state index in [2.05, 4.69) is 30.2 Å². The monoisotopic (exact) mass is 839 g/mol. The number of fused-ring (bicyclic) bond motifs is 5. The summed E-state index contributed by atoms with van der Waals surface area (Å²) >= 11 is 6.59. The first-order chi connectivity index (χ1) is 26.7. The van der Waals surface area contributed by atoms with E-state index < -0.39 is 81.0 Å². The molecule has 2 aliphatic rings. The molecule has 2 aliphatic carbocycles. The lowest BCUT2D eigenvalue weighted by atomic mass is 9.94. The van der Waals surface area contributed by atoms with Gasteiger partial charge in [-0.25, -0.2) is 27.2 Å². The summed E-state index contributed by atoms with van der Waals surface area (Å²) in [5.41, 5.74) is -1.81. The van der Waals surface area contributed by atoms with Crippen molar-refractivity contribution in [2.45, 2.75) is 50.1 Å². The number of aryl methyl sites for hydroxylation is 1. The number of nitrogens with one attached hydrogen (secondary N) is 3. The van der Waals surface area contributed by atoms with E-state index in [4.69, 9.17) is 21.3 Å². The van der Waals surface area contributed by atoms with Gasteiger partial charge in [0.2, 0.25) is 15.9 Å². The number of rotatable bonds is 11. The molecule has 8 rings (SSSR count). The lowest BCUT2D eigenvalue weighted by Gasteiger charge is -2.23. The van der Waals surface area contributed by atoms with Crippen molar-refractivity contribution in [2.24, 2.45) is 13.0 Å². The lowest BCUT2D eigenvalue weighted by molar-refractivity contribution is -0.142. The highest BCUT2D eigenvalue weighted by Gasteiger charge is 2.68. The normalized spacial score (nSPS) is 17.9. The molecule has 3 atom stereocenters. The smallest absolute Gasteiger partial charge is 0.377 e. The number of pyridine rings is 1. The fourth-order valence-corrected chi connectivity index (χ4v) is 8.42. The number of nitrogens with zero attached hydrogens (tertiary/aromatic N) is 6. The van der Waals surface area contributed by atoms with Gasteiger partial charge in [-0.3, -0.25) is 18.9 Å². The number of imidazole rings is 1. The number of amides is 1. The van der Waals surface area contributed by atoms with Gasteiger partial charge < -0.3 is 15.0 Å². The van der Waals surface area contributed by atoms with Crippen molar-refractivity contribution in [2.75, 3.05) is 18.1 Å². The summed E-state index contributed by atoms with van der Waals surface area (Å²) in [6, 6.07) is 5.88. The van der Waals surface area contributed by atoms with E-state index in [9.17, 15) is 35.2 Å². The third kappa shape index (κ3) is 6.94. The number of benzene rings is 2. The maximum absolute atomic E-state index is 15.4. The molecule has 1 amide bonds. The maximum Gasteiger partial charge on any atom is 0.435 e. The Hall–Kier alpha value is -5.28. The van der Waals surface area contributed by atoms with E-state index in [1.165, 1.54) is 24.9 Å². The van der Waals surface area contributed by atoms with Crippen molar-refractivity contribution < 1.29 is 48.7 Å². The molecule has 4 heterocycles. The number of alkyl halides is 5. The van der Waals surface area contributed by atoms with Gasteiger partial charge in [0.05, 0.1) is 39.4 Å². The Kier molecular flexibility index (Phi) is 9.07. The highest BCUT2D eigenvalue weighted by Crippen LogP contribution is 2.68. The molecule has 0 radical (unpaired) electrons. The van der Waals surface area contributed by atoms with Crippen LogP contribution >= 0.6 is 11.6 Å². The van der Waals surface area contributed by atoms with Crippen LogP contribution in [0.25, 0.3) is 33.2 Å². The van der Waals surface area contributed by atoms with Crippen molar-refractivity contribution in [1.29, 1.82) is 0 Å². The Bertz CT molecular complexity index is 2730. The molecule has 1 saturated carbocycles. The standard InChI is InChI=1S/C35H29ClF7N9O4S/c1-51-29-17(4-5-21(36)27(29)33(49-51)50-57(3,54)55)18-11-23-32(46-24(44-23)13-56-2)47-28(18)22(8-14-6-15(37)9-16(38)7-14)45-25(53)12-52-31-26(30(48-52)35(41,42)43)19-10-20(19)34(31,39)40/h4-7,9,11,19-20,22H,8,10,12-13H2,1-3H3,(H,45,53)(H,49,50)(H,44,46,47)/t19-,20+,22-/m0/s1. The van der Waals surface area contributed by atoms with Gasteiger partial charge in [-0.2, -0.15) is 32.1 Å². The molecule has 6 aromatic rings. The largest absolute Gasteiger partial charge is 0.435 e. The summed E-state index contributed by atoms with van der Waals surface area (Å²) in [6.45, 7) is -1.05. The van der Waals surface area contributed by atoms with Crippen molar-refractivity contribution in [3.05, 3.63) is 87.1 Å². The van der Waals surface area contributed by atoms with Crippen LogP contribution in [0, 0.1) is 17.6 Å². The third-order valence-corrected chi connectivity index (χ3v) is 10.7. The van der Waals surface area contributed by atoms with E-state index in [0.29, 0.717) is 27.7 Å². The first kappa shape index (κ1) is 38.6. The van der Waals surface area contributed by atoms with Crippen LogP contribution in [0.3, 0.4) is 0 Å². The number of halogens is 8. The quantitative estimate of drug-likeness (QED) is 0.125. The van der Waals surface area contributed by atoms with Crippen LogP contribution in [-0.2, 0) is 58.3 Å². The van der Waals surface area contributed by atoms with E-state index >= 15 is 8.78 Å². The first-order valence-corrected chi connectivity index (χ1v) is 19.3. The van der Waals surface area contributed by atoms with Gasteiger partial charge in [0.15, 0.2) is 17.2 Å². The molecule has 4 aromatic heterocycles. The highest BCUT2D eigenvalue weighted by molar-refractivity contribution is 7.92. The summed E-state index contributed by atoms with van der Waals surface area (Å²) in [5.74, 6) is -8.84. The predicted octanol–water partition coefficient (Wildman–Crippen LogP) is 6.49. The van der Waals surface area contributed by atoms with Crippen LogP contribution in [0.5, 0.6) is 0 Å². The van der Waals surface area contributed by atoms with Gasteiger partial charge in [0.25, 0.3) is 5.92 Å². The fourth-order valence-electron chi connectivity index (χ4n) is 7.68. The van der Waals surface area contributed by atoms with Crippen molar-refractivity contribution in [3.63, 3.8) is 0 Å². The van der Waals surface area contributed by atoms with Gasteiger partial charge in [-0.05, 0) is 48.6 Å². The molecule has 13 nitrogen and oxygen atoms in total. The SMILES string of the molecule is COCc1nc2nc([C@H](Cc3cc(F)cc(F)c3)NC(=O)Cn3nc(C(F)(F)F)c4c3C(F)(F)[C@@H]3C[C@H]43)c(-c3ccc(Cl)c4c(NS(C)(=O)=O)nn(C)c34)cc2[nH]1. The molecule has 57 heavy (non-hydrogen) atoms. The molecule has 0 unspecified atom stereocenters. The molecular weight excluding hydrogens is 811 g/mol. The highest BCUT2D eigenvalue weighted by atomic mass is 35.5. The lowest BCUT2D eigenvalue weighted by Crippen LogP contribution is -2.35. The fraction of sp³-hybridized carbons (Fsp3) is 0.343. The molecule has 2 aromatic carbocycles. The molecule has 0 saturated heterocycles. The number of aromatic amines is 1. The summed E-state index contributed by atoms with van der Waals surface area (Å²) in [6.07, 6.45) is -4.68. The number of hydrogen-bond acceptors (Lipinski definition) is 8.